The summed E-state index contributed by atoms with van der Waals surface area (Å²) < 4.78 is 0. The Morgan fingerprint density at radius 3 is 1.90 bits per heavy atom. The maximum atomic E-state index is 10.7. The Morgan fingerprint density at radius 1 is 0.867 bits per heavy atom. The summed E-state index contributed by atoms with van der Waals surface area (Å²) in [6, 6.07) is 6.62. The molecule has 1 aromatic carbocycles. The van der Waals surface area contributed by atoms with E-state index in [-0.39, 0.29) is 5.78 Å². The molecule has 0 aliphatic rings. The number of unbranched alkanes of at least 4 members (excludes halogenated alkanes) is 5. The fourth-order valence-electron chi connectivity index (χ4n) is 2.33. The molecule has 1 rings (SSSR count). The molecule has 0 N–H and O–H groups in total. The van der Waals surface area contributed by atoms with Gasteiger partial charge in [0.15, 0.2) is 5.78 Å². The van der Waals surface area contributed by atoms with Gasteiger partial charge in [-0.15, -0.1) is 0 Å². The predicted octanol–water partition coefficient (Wildman–Crippen LogP) is 9.44. The van der Waals surface area contributed by atoms with Crippen molar-refractivity contribution in [3.63, 3.8) is 0 Å². The van der Waals surface area contributed by atoms with E-state index >= 15 is 0 Å². The lowest BCUT2D eigenvalue weighted by molar-refractivity contribution is -0.112. The topological polar surface area (TPSA) is 17.1 Å². The van der Waals surface area contributed by atoms with E-state index in [1.165, 1.54) is 48.8 Å². The van der Waals surface area contributed by atoms with Crippen LogP contribution in [0.25, 0.3) is 6.08 Å². The zero-order chi connectivity index (χ0) is 23.2. The van der Waals surface area contributed by atoms with Crippen LogP contribution in [0.15, 0.2) is 48.6 Å². The van der Waals surface area contributed by atoms with Gasteiger partial charge < -0.3 is 0 Å². The summed E-state index contributed by atoms with van der Waals surface area (Å²) in [5.41, 5.74) is 4.02. The summed E-state index contributed by atoms with van der Waals surface area (Å²) >= 11 is 0. The van der Waals surface area contributed by atoms with Gasteiger partial charge in [-0.25, -0.2) is 0 Å². The Labute approximate surface area is 188 Å². The van der Waals surface area contributed by atoms with Crippen LogP contribution >= 0.6 is 0 Å². The van der Waals surface area contributed by atoms with Crippen molar-refractivity contribution in [2.75, 3.05) is 0 Å². The van der Waals surface area contributed by atoms with E-state index < -0.39 is 0 Å². The van der Waals surface area contributed by atoms with Gasteiger partial charge in [0.2, 0.25) is 0 Å². The van der Waals surface area contributed by atoms with Crippen molar-refractivity contribution < 1.29 is 4.79 Å². The highest BCUT2D eigenvalue weighted by molar-refractivity contribution is 5.87. The SMILES string of the molecule is CC(=O)/C=C/C=C/CCCCCC/C=C/c1ccc(C)c(C)c1.CC(C)C.CCC. The number of hydrogen-bond donors (Lipinski definition) is 0. The molecule has 0 heterocycles. The van der Waals surface area contributed by atoms with Crippen LogP contribution in [-0.2, 0) is 4.79 Å². The number of rotatable bonds is 10. The van der Waals surface area contributed by atoms with Gasteiger partial charge in [0.1, 0.15) is 0 Å². The smallest absolute Gasteiger partial charge is 0.152 e. The molecule has 1 nitrogen and oxygen atoms in total. The molecule has 0 bridgehead atoms. The van der Waals surface area contributed by atoms with Crippen molar-refractivity contribution in [1.29, 1.82) is 0 Å². The first-order valence-electron chi connectivity index (χ1n) is 11.8. The Kier molecular flexibility index (Phi) is 22.0. The van der Waals surface area contributed by atoms with Crippen molar-refractivity contribution in [1.82, 2.24) is 0 Å². The summed E-state index contributed by atoms with van der Waals surface area (Å²) in [5.74, 6) is 0.934. The van der Waals surface area contributed by atoms with Gasteiger partial charge in [-0.05, 0) is 75.1 Å². The number of allylic oxidation sites excluding steroid dienone is 5. The third-order valence-corrected chi connectivity index (χ3v) is 3.91. The Hall–Kier alpha value is -1.89. The van der Waals surface area contributed by atoms with Crippen molar-refractivity contribution in [2.45, 2.75) is 100 Å². The lowest BCUT2D eigenvalue weighted by Gasteiger charge is -2.01. The molecule has 0 aromatic heterocycles. The van der Waals surface area contributed by atoms with E-state index in [0.29, 0.717) is 0 Å². The first-order chi connectivity index (χ1) is 14.2. The first-order valence-corrected chi connectivity index (χ1v) is 11.8. The minimum Gasteiger partial charge on any atom is -0.295 e. The maximum Gasteiger partial charge on any atom is 0.152 e. The summed E-state index contributed by atoms with van der Waals surface area (Å²) in [6.07, 6.45) is 20.6. The van der Waals surface area contributed by atoms with E-state index in [2.05, 4.69) is 84.9 Å². The van der Waals surface area contributed by atoms with E-state index in [1.54, 1.807) is 13.0 Å². The third kappa shape index (κ3) is 24.1. The second kappa shape index (κ2) is 21.8. The van der Waals surface area contributed by atoms with Gasteiger partial charge in [0, 0.05) is 0 Å². The van der Waals surface area contributed by atoms with Crippen LogP contribution in [-0.4, -0.2) is 5.78 Å². The Morgan fingerprint density at radius 2 is 1.40 bits per heavy atom. The number of ketones is 1. The molecule has 0 aliphatic heterocycles. The molecule has 0 unspecified atom stereocenters. The Balaban J connectivity index is 0. The van der Waals surface area contributed by atoms with Gasteiger partial charge >= 0.3 is 0 Å². The monoisotopic (exact) mass is 412 g/mol. The highest BCUT2D eigenvalue weighted by atomic mass is 16.1. The maximum absolute atomic E-state index is 10.7. The molecule has 0 radical (unpaired) electrons. The van der Waals surface area contributed by atoms with Crippen LogP contribution in [0.4, 0.5) is 0 Å². The van der Waals surface area contributed by atoms with Crippen LogP contribution in [0.2, 0.25) is 0 Å². The van der Waals surface area contributed by atoms with E-state index in [9.17, 15) is 4.79 Å². The molecule has 0 amide bonds. The average molecular weight is 413 g/mol. The predicted molar refractivity (Wildman–Crippen MR) is 138 cm³/mol. The normalized spacial score (nSPS) is 11.0. The standard InChI is InChI=1S/C22H30O.C4H10.C3H8/c1-19-16-17-22(18-20(19)2)15-13-11-9-7-5-4-6-8-10-12-14-21(3)23;1-4(2)3;1-3-2/h8,10,12-18H,4-7,9,11H2,1-3H3;4H,1-3H3;3H2,1-2H3/b10-8+,14-12+,15-13+;;. The van der Waals surface area contributed by atoms with Gasteiger partial charge in [-0.3, -0.25) is 4.79 Å². The quantitative estimate of drug-likeness (QED) is 0.212. The van der Waals surface area contributed by atoms with Crippen molar-refractivity contribution in [3.8, 4) is 0 Å². The zero-order valence-electron chi connectivity index (χ0n) is 21.1. The lowest BCUT2D eigenvalue weighted by atomic mass is 10.1. The second-order valence-electron chi connectivity index (χ2n) is 8.57. The lowest BCUT2D eigenvalue weighted by Crippen LogP contribution is -1.81. The first kappa shape index (κ1) is 30.3. The van der Waals surface area contributed by atoms with Crippen LogP contribution in [0, 0.1) is 19.8 Å². The number of hydrogen-bond acceptors (Lipinski definition) is 1. The highest BCUT2D eigenvalue weighted by Crippen LogP contribution is 2.12. The Bertz CT molecular complexity index is 614. The molecule has 0 spiro atoms. The number of carbonyl (C=O) groups is 1. The number of benzene rings is 1. The highest BCUT2D eigenvalue weighted by Gasteiger charge is 1.93. The van der Waals surface area contributed by atoms with Gasteiger partial charge in [0.25, 0.3) is 0 Å². The molecule has 0 aliphatic carbocycles. The van der Waals surface area contributed by atoms with Crippen molar-refractivity contribution >= 4 is 11.9 Å². The molecule has 30 heavy (non-hydrogen) atoms. The van der Waals surface area contributed by atoms with Gasteiger partial charge in [-0.1, -0.05) is 102 Å². The summed E-state index contributed by atoms with van der Waals surface area (Å²) in [4.78, 5) is 10.7. The molecule has 1 aromatic rings. The van der Waals surface area contributed by atoms with E-state index in [1.807, 2.05) is 12.2 Å². The molecule has 0 saturated carbocycles. The van der Waals surface area contributed by atoms with Crippen LogP contribution in [0.3, 0.4) is 0 Å². The fourth-order valence-corrected chi connectivity index (χ4v) is 2.33. The van der Waals surface area contributed by atoms with Gasteiger partial charge in [0.05, 0.1) is 0 Å². The van der Waals surface area contributed by atoms with Crippen LogP contribution in [0.1, 0.15) is 103 Å². The molecular weight excluding hydrogens is 364 g/mol. The fraction of sp³-hybridized carbons (Fsp3) is 0.552. The number of aryl methyl sites for hydroxylation is 2. The molecule has 1 heteroatoms. The molecule has 0 saturated heterocycles. The number of carbonyl (C=O) groups excluding carboxylic acids is 1. The third-order valence-electron chi connectivity index (χ3n) is 3.91. The minimum atomic E-state index is 0.100. The minimum absolute atomic E-state index is 0.100. The van der Waals surface area contributed by atoms with Gasteiger partial charge in [-0.2, -0.15) is 0 Å². The van der Waals surface area contributed by atoms with Crippen LogP contribution < -0.4 is 0 Å². The summed E-state index contributed by atoms with van der Waals surface area (Å²) in [7, 11) is 0. The van der Waals surface area contributed by atoms with Crippen LogP contribution in [0.5, 0.6) is 0 Å². The van der Waals surface area contributed by atoms with E-state index in [4.69, 9.17) is 0 Å². The van der Waals surface area contributed by atoms with E-state index in [0.717, 1.165) is 18.8 Å². The second-order valence-corrected chi connectivity index (χ2v) is 8.57. The summed E-state index contributed by atoms with van der Waals surface area (Å²) in [6.45, 7) is 16.6. The molecule has 170 valence electrons. The molecule has 0 atom stereocenters. The van der Waals surface area contributed by atoms with Crippen molar-refractivity contribution in [2.24, 2.45) is 5.92 Å². The summed E-state index contributed by atoms with van der Waals surface area (Å²) in [5, 5.41) is 0. The average Bonchev–Trinajstić information content (AvgIpc) is 2.65. The largest absolute Gasteiger partial charge is 0.295 e. The van der Waals surface area contributed by atoms with Crippen molar-refractivity contribution in [3.05, 3.63) is 65.3 Å². The molecule has 0 fully saturated rings. The zero-order valence-corrected chi connectivity index (χ0v) is 21.1. The molecular formula is C29H48O.